The first-order valence-corrected chi connectivity index (χ1v) is 7.15. The number of benzene rings is 1. The smallest absolute Gasteiger partial charge is 0.262 e. The molecule has 0 bridgehead atoms. The molecule has 1 aromatic rings. The molecule has 0 aromatic heterocycles. The molecule has 2 rings (SSSR count). The lowest BCUT2D eigenvalue weighted by atomic mass is 10.0. The number of aliphatic hydroxyl groups is 1. The van der Waals surface area contributed by atoms with Gasteiger partial charge in [-0.15, -0.1) is 0 Å². The van der Waals surface area contributed by atoms with Crippen molar-refractivity contribution >= 4 is 11.6 Å². The second-order valence-electron chi connectivity index (χ2n) is 4.99. The van der Waals surface area contributed by atoms with Gasteiger partial charge >= 0.3 is 0 Å². The van der Waals surface area contributed by atoms with Crippen molar-refractivity contribution in [2.45, 2.75) is 18.9 Å². The molecule has 1 aromatic carbocycles. The first-order valence-electron chi connectivity index (χ1n) is 7.15. The molecule has 1 amide bonds. The number of hydrogen-bond donors (Lipinski definition) is 3. The third kappa shape index (κ3) is 4.70. The maximum Gasteiger partial charge on any atom is 0.262 e. The minimum absolute atomic E-state index is 0.0420. The highest BCUT2D eigenvalue weighted by atomic mass is 16.5. The third-order valence-corrected chi connectivity index (χ3v) is 3.32. The van der Waals surface area contributed by atoms with Crippen LogP contribution in [-0.2, 0) is 9.53 Å². The van der Waals surface area contributed by atoms with Crippen molar-refractivity contribution < 1.29 is 19.4 Å². The fourth-order valence-electron chi connectivity index (χ4n) is 2.18. The third-order valence-electron chi connectivity index (χ3n) is 3.32. The Labute approximate surface area is 124 Å². The number of carbonyl (C=O) groups excluding carboxylic acids is 1. The Morgan fingerprint density at radius 3 is 3.14 bits per heavy atom. The molecule has 21 heavy (non-hydrogen) atoms. The minimum atomic E-state index is -0.566. The van der Waals surface area contributed by atoms with Crippen LogP contribution in [0.15, 0.2) is 18.2 Å². The number of carbonyl (C=O) groups is 1. The van der Waals surface area contributed by atoms with Crippen LogP contribution >= 0.6 is 0 Å². The fraction of sp³-hybridized carbons (Fsp3) is 0.533. The zero-order chi connectivity index (χ0) is 15.1. The van der Waals surface area contributed by atoms with Crippen LogP contribution in [0, 0.1) is 0 Å². The van der Waals surface area contributed by atoms with Gasteiger partial charge in [0.25, 0.3) is 5.91 Å². The summed E-state index contributed by atoms with van der Waals surface area (Å²) in [5.74, 6) is 0.470. The summed E-state index contributed by atoms with van der Waals surface area (Å²) in [5, 5.41) is 16.2. The van der Waals surface area contributed by atoms with Gasteiger partial charge in [0, 0.05) is 13.7 Å². The van der Waals surface area contributed by atoms with E-state index in [9.17, 15) is 9.90 Å². The lowest BCUT2D eigenvalue weighted by Gasteiger charge is -2.20. The highest BCUT2D eigenvalue weighted by Gasteiger charge is 2.17. The maximum atomic E-state index is 11.3. The van der Waals surface area contributed by atoms with Crippen LogP contribution in [0.4, 0.5) is 5.69 Å². The average Bonchev–Trinajstić information content (AvgIpc) is 2.49. The van der Waals surface area contributed by atoms with Crippen molar-refractivity contribution in [3.63, 3.8) is 0 Å². The molecule has 1 unspecified atom stereocenters. The number of nitrogens with one attached hydrogen (secondary N) is 2. The van der Waals surface area contributed by atoms with Crippen molar-refractivity contribution in [1.82, 2.24) is 5.32 Å². The molecule has 1 heterocycles. The van der Waals surface area contributed by atoms with Crippen molar-refractivity contribution in [3.05, 3.63) is 23.8 Å². The Morgan fingerprint density at radius 2 is 2.33 bits per heavy atom. The lowest BCUT2D eigenvalue weighted by Crippen LogP contribution is -2.25. The molecule has 1 atom stereocenters. The number of amides is 1. The van der Waals surface area contributed by atoms with Gasteiger partial charge < -0.3 is 25.2 Å². The van der Waals surface area contributed by atoms with Gasteiger partial charge in [0.05, 0.1) is 11.8 Å². The number of ether oxygens (including phenoxy) is 2. The highest BCUT2D eigenvalue weighted by molar-refractivity contribution is 5.95. The summed E-state index contributed by atoms with van der Waals surface area (Å²) in [5.41, 5.74) is 1.40. The Balaban J connectivity index is 1.81. The molecule has 116 valence electrons. The first-order chi connectivity index (χ1) is 10.2. The van der Waals surface area contributed by atoms with Gasteiger partial charge in [-0.3, -0.25) is 4.79 Å². The number of anilines is 1. The van der Waals surface area contributed by atoms with Crippen molar-refractivity contribution in [3.8, 4) is 5.75 Å². The zero-order valence-electron chi connectivity index (χ0n) is 12.2. The Kier molecular flexibility index (Phi) is 5.98. The van der Waals surface area contributed by atoms with E-state index in [-0.39, 0.29) is 12.5 Å². The number of hydrogen-bond acceptors (Lipinski definition) is 5. The molecule has 6 nitrogen and oxygen atoms in total. The van der Waals surface area contributed by atoms with E-state index >= 15 is 0 Å². The Morgan fingerprint density at radius 1 is 1.48 bits per heavy atom. The van der Waals surface area contributed by atoms with E-state index in [0.717, 1.165) is 31.7 Å². The van der Waals surface area contributed by atoms with E-state index in [1.54, 1.807) is 19.2 Å². The number of methoxy groups -OCH3 is 1. The molecular weight excluding hydrogens is 272 g/mol. The van der Waals surface area contributed by atoms with Crippen LogP contribution < -0.4 is 15.4 Å². The molecule has 1 aliphatic heterocycles. The summed E-state index contributed by atoms with van der Waals surface area (Å²) in [4.78, 5) is 11.3. The van der Waals surface area contributed by atoms with Gasteiger partial charge in [0.2, 0.25) is 0 Å². The van der Waals surface area contributed by atoms with E-state index in [1.807, 2.05) is 6.07 Å². The molecule has 3 N–H and O–H groups in total. The Bertz CT molecular complexity index is 479. The van der Waals surface area contributed by atoms with Gasteiger partial charge in [-0.05, 0) is 43.6 Å². The number of fused-ring (bicyclic) bond motifs is 1. The predicted molar refractivity (Wildman–Crippen MR) is 79.5 cm³/mol. The summed E-state index contributed by atoms with van der Waals surface area (Å²) in [6, 6.07) is 5.37. The summed E-state index contributed by atoms with van der Waals surface area (Å²) in [6.07, 6.45) is 0.999. The van der Waals surface area contributed by atoms with Crippen LogP contribution in [0.3, 0.4) is 0 Å². The van der Waals surface area contributed by atoms with Crippen molar-refractivity contribution in [2.75, 3.05) is 38.7 Å². The van der Waals surface area contributed by atoms with Gasteiger partial charge in [0.1, 0.15) is 5.75 Å². The number of rotatable bonds is 8. The van der Waals surface area contributed by atoms with Crippen LogP contribution in [0.25, 0.3) is 0 Å². The minimum Gasteiger partial charge on any atom is -0.482 e. The zero-order valence-corrected chi connectivity index (χ0v) is 12.2. The molecule has 1 aliphatic rings. The van der Waals surface area contributed by atoms with Crippen molar-refractivity contribution in [2.24, 2.45) is 0 Å². The largest absolute Gasteiger partial charge is 0.482 e. The van der Waals surface area contributed by atoms with E-state index in [4.69, 9.17) is 9.47 Å². The molecular formula is C15H22N2O4. The molecule has 6 heteroatoms. The lowest BCUT2D eigenvalue weighted by molar-refractivity contribution is -0.118. The average molecular weight is 294 g/mol. The van der Waals surface area contributed by atoms with Crippen LogP contribution in [0.5, 0.6) is 5.75 Å². The summed E-state index contributed by atoms with van der Waals surface area (Å²) < 4.78 is 10.3. The quantitative estimate of drug-likeness (QED) is 0.625. The Hall–Kier alpha value is -1.63. The first kappa shape index (κ1) is 15.8. The summed E-state index contributed by atoms with van der Waals surface area (Å²) >= 11 is 0. The van der Waals surface area contributed by atoms with Gasteiger partial charge in [-0.25, -0.2) is 0 Å². The SMILES string of the molecule is COCCCNCCC(O)c1ccc2c(c1)NC(=O)CO2. The molecule has 0 spiro atoms. The molecule has 0 saturated carbocycles. The van der Waals surface area contributed by atoms with Gasteiger partial charge in [-0.1, -0.05) is 6.07 Å². The number of aliphatic hydroxyl groups excluding tert-OH is 1. The normalized spacial score (nSPS) is 15.0. The van der Waals surface area contributed by atoms with E-state index in [0.29, 0.717) is 17.9 Å². The molecule has 0 radical (unpaired) electrons. The monoisotopic (exact) mass is 294 g/mol. The topological polar surface area (TPSA) is 79.8 Å². The van der Waals surface area contributed by atoms with E-state index in [1.165, 1.54) is 0 Å². The maximum absolute atomic E-state index is 11.3. The van der Waals surface area contributed by atoms with Crippen LogP contribution in [-0.4, -0.2) is 44.4 Å². The van der Waals surface area contributed by atoms with Gasteiger partial charge in [-0.2, -0.15) is 0 Å². The predicted octanol–water partition coefficient (Wildman–Crippen LogP) is 1.07. The van der Waals surface area contributed by atoms with Crippen molar-refractivity contribution in [1.29, 1.82) is 0 Å². The van der Waals surface area contributed by atoms with E-state index < -0.39 is 6.10 Å². The second-order valence-corrected chi connectivity index (χ2v) is 4.99. The van der Waals surface area contributed by atoms with Crippen LogP contribution in [0.2, 0.25) is 0 Å². The summed E-state index contributed by atoms with van der Waals surface area (Å²) in [6.45, 7) is 2.37. The summed E-state index contributed by atoms with van der Waals surface area (Å²) in [7, 11) is 1.68. The molecule has 0 fully saturated rings. The molecule has 0 saturated heterocycles. The second kappa shape index (κ2) is 7.97. The molecule has 0 aliphatic carbocycles. The standard InChI is InChI=1S/C15H22N2O4/c1-20-8-2-6-16-7-5-13(18)11-3-4-14-12(9-11)17-15(19)10-21-14/h3-4,9,13,16,18H,2,5-8,10H2,1H3,(H,17,19). The van der Waals surface area contributed by atoms with E-state index in [2.05, 4.69) is 10.6 Å². The van der Waals surface area contributed by atoms with Crippen LogP contribution in [0.1, 0.15) is 24.5 Å². The van der Waals surface area contributed by atoms with Gasteiger partial charge in [0.15, 0.2) is 6.61 Å². The highest BCUT2D eigenvalue weighted by Crippen LogP contribution is 2.31. The fourth-order valence-corrected chi connectivity index (χ4v) is 2.18.